The Hall–Kier alpha value is -1.35. The lowest BCUT2D eigenvalue weighted by molar-refractivity contribution is -0.127. The molecule has 2 N–H and O–H groups in total. The van der Waals surface area contributed by atoms with Gasteiger partial charge >= 0.3 is 0 Å². The third-order valence-corrected chi connectivity index (χ3v) is 5.32. The van der Waals surface area contributed by atoms with Gasteiger partial charge in [0.2, 0.25) is 5.91 Å². The Balaban J connectivity index is 1.70. The van der Waals surface area contributed by atoms with Crippen LogP contribution < -0.4 is 10.6 Å². The van der Waals surface area contributed by atoms with E-state index in [1.54, 1.807) is 0 Å². The lowest BCUT2D eigenvalue weighted by Crippen LogP contribution is -2.44. The highest BCUT2D eigenvalue weighted by Gasteiger charge is 2.31. The van der Waals surface area contributed by atoms with Gasteiger partial charge in [0, 0.05) is 12.0 Å². The van der Waals surface area contributed by atoms with Gasteiger partial charge in [-0.3, -0.25) is 4.79 Å². The summed E-state index contributed by atoms with van der Waals surface area (Å²) in [6.07, 6.45) is 6.99. The van der Waals surface area contributed by atoms with Crippen LogP contribution >= 0.6 is 0 Å². The molecule has 3 rings (SSSR count). The quantitative estimate of drug-likeness (QED) is 0.894. The molecule has 1 aromatic carbocycles. The highest BCUT2D eigenvalue weighted by molar-refractivity contribution is 5.79. The van der Waals surface area contributed by atoms with Crippen LogP contribution in [0.2, 0.25) is 0 Å². The molecule has 1 amide bonds. The molecule has 1 aromatic rings. The first-order valence-corrected chi connectivity index (χ1v) is 8.82. The molecule has 120 valence electrons. The van der Waals surface area contributed by atoms with E-state index in [0.29, 0.717) is 12.0 Å². The molecule has 1 aliphatic heterocycles. The van der Waals surface area contributed by atoms with Crippen LogP contribution in [0.3, 0.4) is 0 Å². The van der Waals surface area contributed by atoms with Crippen molar-refractivity contribution in [2.24, 2.45) is 11.8 Å². The Morgan fingerprint density at radius 2 is 1.91 bits per heavy atom. The smallest absolute Gasteiger partial charge is 0.223 e. The molecule has 2 fully saturated rings. The van der Waals surface area contributed by atoms with Crippen LogP contribution in [-0.4, -0.2) is 18.5 Å². The van der Waals surface area contributed by atoms with Gasteiger partial charge in [-0.15, -0.1) is 0 Å². The molecule has 22 heavy (non-hydrogen) atoms. The molecular weight excluding hydrogens is 272 g/mol. The first kappa shape index (κ1) is 15.5. The van der Waals surface area contributed by atoms with Crippen LogP contribution in [0, 0.1) is 11.8 Å². The van der Waals surface area contributed by atoms with Gasteiger partial charge in [0.25, 0.3) is 0 Å². The van der Waals surface area contributed by atoms with Crippen molar-refractivity contribution in [1.29, 1.82) is 0 Å². The number of rotatable bonds is 4. The van der Waals surface area contributed by atoms with Gasteiger partial charge < -0.3 is 10.6 Å². The lowest BCUT2D eigenvalue weighted by Gasteiger charge is -2.31. The van der Waals surface area contributed by atoms with E-state index >= 15 is 0 Å². The standard InChI is InChI=1S/C19H28N2O/c1-14-13-17(11-12-20-14)19(22)21-18(16-9-5-6-10-16)15-7-3-2-4-8-15/h2-4,7-8,14,16-18,20H,5-6,9-13H2,1H3,(H,21,22)/t14-,17-,18?/m0/s1. The number of carbonyl (C=O) groups excluding carboxylic acids is 1. The Morgan fingerprint density at radius 3 is 2.59 bits per heavy atom. The highest BCUT2D eigenvalue weighted by Crippen LogP contribution is 2.36. The summed E-state index contributed by atoms with van der Waals surface area (Å²) < 4.78 is 0. The average Bonchev–Trinajstić information content (AvgIpc) is 3.07. The summed E-state index contributed by atoms with van der Waals surface area (Å²) in [4.78, 5) is 12.7. The van der Waals surface area contributed by atoms with Gasteiger partial charge in [0.1, 0.15) is 0 Å². The lowest BCUT2D eigenvalue weighted by atomic mass is 9.88. The van der Waals surface area contributed by atoms with Crippen LogP contribution in [0.1, 0.15) is 57.1 Å². The van der Waals surface area contributed by atoms with Gasteiger partial charge in [-0.05, 0) is 50.6 Å². The van der Waals surface area contributed by atoms with Crippen molar-refractivity contribution in [3.05, 3.63) is 35.9 Å². The van der Waals surface area contributed by atoms with Gasteiger partial charge in [0.15, 0.2) is 0 Å². The molecule has 0 aromatic heterocycles. The number of hydrogen-bond donors (Lipinski definition) is 2. The van der Waals surface area contributed by atoms with Crippen molar-refractivity contribution in [2.45, 2.75) is 57.5 Å². The molecule has 2 aliphatic rings. The van der Waals surface area contributed by atoms with E-state index in [1.165, 1.54) is 31.2 Å². The van der Waals surface area contributed by atoms with E-state index in [-0.39, 0.29) is 17.9 Å². The van der Waals surface area contributed by atoms with Gasteiger partial charge in [-0.25, -0.2) is 0 Å². The number of benzene rings is 1. The van der Waals surface area contributed by atoms with E-state index in [9.17, 15) is 4.79 Å². The largest absolute Gasteiger partial charge is 0.349 e. The Bertz CT molecular complexity index is 481. The monoisotopic (exact) mass is 300 g/mol. The van der Waals surface area contributed by atoms with Crippen LogP contribution in [0.15, 0.2) is 30.3 Å². The Kier molecular flexibility index (Phi) is 5.14. The molecule has 1 heterocycles. The molecule has 3 atom stereocenters. The topological polar surface area (TPSA) is 41.1 Å². The van der Waals surface area contributed by atoms with Crippen molar-refractivity contribution >= 4 is 5.91 Å². The summed E-state index contributed by atoms with van der Waals surface area (Å²) in [5.41, 5.74) is 1.27. The summed E-state index contributed by atoms with van der Waals surface area (Å²) in [6.45, 7) is 3.13. The molecule has 0 bridgehead atoms. The van der Waals surface area contributed by atoms with E-state index < -0.39 is 0 Å². The van der Waals surface area contributed by atoms with Crippen molar-refractivity contribution in [3.8, 4) is 0 Å². The molecule has 0 spiro atoms. The fourth-order valence-electron chi connectivity index (χ4n) is 4.07. The minimum absolute atomic E-state index is 0.170. The predicted octanol–water partition coefficient (Wildman–Crippen LogP) is 3.42. The van der Waals surface area contributed by atoms with E-state index in [1.807, 2.05) is 6.07 Å². The molecule has 1 aliphatic carbocycles. The van der Waals surface area contributed by atoms with Crippen molar-refractivity contribution in [2.75, 3.05) is 6.54 Å². The van der Waals surface area contributed by atoms with E-state index in [4.69, 9.17) is 0 Å². The van der Waals surface area contributed by atoms with Gasteiger partial charge in [0.05, 0.1) is 6.04 Å². The molecule has 3 heteroatoms. The predicted molar refractivity (Wildman–Crippen MR) is 89.5 cm³/mol. The number of piperidine rings is 1. The summed E-state index contributed by atoms with van der Waals surface area (Å²) >= 11 is 0. The third-order valence-electron chi connectivity index (χ3n) is 5.32. The molecule has 1 saturated heterocycles. The Morgan fingerprint density at radius 1 is 1.18 bits per heavy atom. The summed E-state index contributed by atoms with van der Waals surface area (Å²) in [5, 5.41) is 6.83. The average molecular weight is 300 g/mol. The minimum atomic E-state index is 0.170. The molecule has 3 nitrogen and oxygen atoms in total. The number of carbonyl (C=O) groups is 1. The normalized spacial score (nSPS) is 27.5. The SMILES string of the molecule is C[C@H]1C[C@@H](C(=O)NC(c2ccccc2)C2CCCC2)CCN1. The number of amides is 1. The van der Waals surface area contributed by atoms with Crippen LogP contribution in [-0.2, 0) is 4.79 Å². The zero-order valence-electron chi connectivity index (χ0n) is 13.6. The fraction of sp³-hybridized carbons (Fsp3) is 0.632. The van der Waals surface area contributed by atoms with Gasteiger partial charge in [-0.1, -0.05) is 43.2 Å². The van der Waals surface area contributed by atoms with Crippen molar-refractivity contribution in [1.82, 2.24) is 10.6 Å². The second-order valence-corrected chi connectivity index (χ2v) is 7.02. The fourth-order valence-corrected chi connectivity index (χ4v) is 4.07. The van der Waals surface area contributed by atoms with Crippen LogP contribution in [0.5, 0.6) is 0 Å². The number of nitrogens with one attached hydrogen (secondary N) is 2. The second-order valence-electron chi connectivity index (χ2n) is 7.02. The first-order valence-electron chi connectivity index (χ1n) is 8.82. The molecule has 1 unspecified atom stereocenters. The third kappa shape index (κ3) is 3.70. The minimum Gasteiger partial charge on any atom is -0.349 e. The summed E-state index contributed by atoms with van der Waals surface area (Å²) in [6, 6.07) is 11.2. The van der Waals surface area contributed by atoms with Crippen molar-refractivity contribution in [3.63, 3.8) is 0 Å². The number of hydrogen-bond acceptors (Lipinski definition) is 2. The highest BCUT2D eigenvalue weighted by atomic mass is 16.1. The van der Waals surface area contributed by atoms with Crippen LogP contribution in [0.4, 0.5) is 0 Å². The summed E-state index contributed by atoms with van der Waals surface area (Å²) in [5.74, 6) is 1.03. The molecule has 0 radical (unpaired) electrons. The zero-order valence-corrected chi connectivity index (χ0v) is 13.6. The van der Waals surface area contributed by atoms with E-state index in [0.717, 1.165) is 19.4 Å². The van der Waals surface area contributed by atoms with Crippen molar-refractivity contribution < 1.29 is 4.79 Å². The molecule has 1 saturated carbocycles. The Labute approximate surface area is 133 Å². The maximum absolute atomic E-state index is 12.7. The van der Waals surface area contributed by atoms with Crippen LogP contribution in [0.25, 0.3) is 0 Å². The second kappa shape index (κ2) is 7.28. The molecular formula is C19H28N2O. The first-order chi connectivity index (χ1) is 10.7. The summed E-state index contributed by atoms with van der Waals surface area (Å²) in [7, 11) is 0. The maximum atomic E-state index is 12.7. The van der Waals surface area contributed by atoms with Gasteiger partial charge in [-0.2, -0.15) is 0 Å². The van der Waals surface area contributed by atoms with E-state index in [2.05, 4.69) is 41.8 Å². The maximum Gasteiger partial charge on any atom is 0.223 e. The zero-order chi connectivity index (χ0) is 15.4.